The van der Waals surface area contributed by atoms with Crippen molar-refractivity contribution in [1.82, 2.24) is 4.98 Å². The first-order valence-electron chi connectivity index (χ1n) is 8.03. The third kappa shape index (κ3) is 2.26. The fraction of sp³-hybridized carbons (Fsp3) is 0.368. The van der Waals surface area contributed by atoms with E-state index in [-0.39, 0.29) is 5.92 Å². The summed E-state index contributed by atoms with van der Waals surface area (Å²) in [6, 6.07) is 12.5. The Morgan fingerprint density at radius 3 is 2.70 bits per heavy atom. The fourth-order valence-electron chi connectivity index (χ4n) is 3.80. The number of hydrogen-bond donors (Lipinski definition) is 3. The number of aliphatic hydroxyl groups excluding tert-OH is 1. The van der Waals surface area contributed by atoms with Gasteiger partial charge in [-0.3, -0.25) is 5.26 Å². The van der Waals surface area contributed by atoms with Gasteiger partial charge in [0.25, 0.3) is 0 Å². The molecule has 0 aliphatic heterocycles. The van der Waals surface area contributed by atoms with E-state index in [1.165, 1.54) is 5.39 Å². The molecule has 1 aliphatic rings. The maximum absolute atomic E-state index is 10.6. The lowest BCUT2D eigenvalue weighted by Gasteiger charge is -2.37. The standard InChI is InChI=1S/C19H21NO3/c1-19(2,23-22)12-7-11-8-17-15(10-14(11)18(21)9-12)13-5-3-4-6-16(13)20-17/h3-6,8,10,12,18,20-22H,7,9H2,1-2H3/t12-,18-/m0/s1. The molecule has 0 unspecified atom stereocenters. The van der Waals surface area contributed by atoms with E-state index in [9.17, 15) is 5.11 Å². The van der Waals surface area contributed by atoms with Crippen LogP contribution in [-0.2, 0) is 11.3 Å². The first kappa shape index (κ1) is 14.7. The zero-order chi connectivity index (χ0) is 16.2. The molecule has 2 atom stereocenters. The minimum Gasteiger partial charge on any atom is -0.388 e. The molecule has 120 valence electrons. The summed E-state index contributed by atoms with van der Waals surface area (Å²) in [6.07, 6.45) is 0.843. The summed E-state index contributed by atoms with van der Waals surface area (Å²) in [5, 5.41) is 22.1. The van der Waals surface area contributed by atoms with Crippen LogP contribution in [0.4, 0.5) is 0 Å². The van der Waals surface area contributed by atoms with Gasteiger partial charge in [-0.15, -0.1) is 0 Å². The molecule has 0 spiro atoms. The molecule has 1 heterocycles. The van der Waals surface area contributed by atoms with Crippen molar-refractivity contribution < 1.29 is 15.3 Å². The summed E-state index contributed by atoms with van der Waals surface area (Å²) in [5.41, 5.74) is 3.63. The Labute approximate surface area is 134 Å². The molecule has 1 aromatic heterocycles. The predicted octanol–water partition coefficient (Wildman–Crippen LogP) is 4.19. The monoisotopic (exact) mass is 311 g/mol. The second-order valence-corrected chi connectivity index (χ2v) is 7.11. The van der Waals surface area contributed by atoms with Gasteiger partial charge in [0, 0.05) is 21.8 Å². The molecular weight excluding hydrogens is 290 g/mol. The molecular formula is C19H21NO3. The van der Waals surface area contributed by atoms with Crippen LogP contribution in [0.1, 0.15) is 37.5 Å². The van der Waals surface area contributed by atoms with Crippen LogP contribution in [0.5, 0.6) is 0 Å². The summed E-state index contributed by atoms with van der Waals surface area (Å²) >= 11 is 0. The number of hydrogen-bond acceptors (Lipinski definition) is 3. The molecule has 0 amide bonds. The normalized spacial score (nSPS) is 21.7. The third-order valence-electron chi connectivity index (χ3n) is 5.32. The summed E-state index contributed by atoms with van der Waals surface area (Å²) in [7, 11) is 0. The van der Waals surface area contributed by atoms with Gasteiger partial charge in [-0.2, -0.15) is 0 Å². The average Bonchev–Trinajstić information content (AvgIpc) is 2.90. The maximum Gasteiger partial charge on any atom is 0.101 e. The first-order valence-corrected chi connectivity index (χ1v) is 8.03. The minimum atomic E-state index is -0.673. The number of fused-ring (bicyclic) bond motifs is 4. The number of nitrogens with one attached hydrogen (secondary N) is 1. The summed E-state index contributed by atoms with van der Waals surface area (Å²) in [4.78, 5) is 8.11. The fourth-order valence-corrected chi connectivity index (χ4v) is 3.80. The third-order valence-corrected chi connectivity index (χ3v) is 5.32. The van der Waals surface area contributed by atoms with Crippen LogP contribution in [0.2, 0.25) is 0 Å². The quantitative estimate of drug-likeness (QED) is 0.491. The number of benzene rings is 2. The molecule has 4 rings (SSSR count). The van der Waals surface area contributed by atoms with E-state index in [0.717, 1.165) is 34.0 Å². The average molecular weight is 311 g/mol. The number of aromatic nitrogens is 1. The van der Waals surface area contributed by atoms with Crippen LogP contribution in [0.25, 0.3) is 21.8 Å². The van der Waals surface area contributed by atoms with Gasteiger partial charge in [-0.05, 0) is 61.9 Å². The Morgan fingerprint density at radius 1 is 1.13 bits per heavy atom. The van der Waals surface area contributed by atoms with Gasteiger partial charge in [0.1, 0.15) is 5.60 Å². The van der Waals surface area contributed by atoms with Gasteiger partial charge >= 0.3 is 0 Å². The minimum absolute atomic E-state index is 0.0665. The van der Waals surface area contributed by atoms with Gasteiger partial charge in [-0.25, -0.2) is 4.89 Å². The molecule has 0 fully saturated rings. The second-order valence-electron chi connectivity index (χ2n) is 7.11. The van der Waals surface area contributed by atoms with E-state index in [1.54, 1.807) is 0 Å². The Bertz CT molecular complexity index is 881. The van der Waals surface area contributed by atoms with E-state index in [1.807, 2.05) is 26.0 Å². The van der Waals surface area contributed by atoms with Crippen LogP contribution in [-0.4, -0.2) is 20.9 Å². The molecule has 4 nitrogen and oxygen atoms in total. The van der Waals surface area contributed by atoms with Crippen LogP contribution < -0.4 is 0 Å². The van der Waals surface area contributed by atoms with Gasteiger partial charge < -0.3 is 10.1 Å². The second kappa shape index (κ2) is 5.06. The smallest absolute Gasteiger partial charge is 0.101 e. The van der Waals surface area contributed by atoms with Crippen molar-refractivity contribution in [2.45, 2.75) is 38.4 Å². The van der Waals surface area contributed by atoms with Gasteiger partial charge in [0.2, 0.25) is 0 Å². The van der Waals surface area contributed by atoms with Crippen LogP contribution in [0.15, 0.2) is 36.4 Å². The zero-order valence-corrected chi connectivity index (χ0v) is 13.3. The predicted molar refractivity (Wildman–Crippen MR) is 90.4 cm³/mol. The Kier molecular flexibility index (Phi) is 3.23. The highest BCUT2D eigenvalue weighted by atomic mass is 17.1. The maximum atomic E-state index is 10.6. The van der Waals surface area contributed by atoms with E-state index < -0.39 is 11.7 Å². The van der Waals surface area contributed by atoms with Crippen molar-refractivity contribution in [3.63, 3.8) is 0 Å². The molecule has 3 aromatic rings. The number of H-pyrrole nitrogens is 1. The molecule has 23 heavy (non-hydrogen) atoms. The van der Waals surface area contributed by atoms with E-state index in [0.29, 0.717) is 6.42 Å². The number of aromatic amines is 1. The van der Waals surface area contributed by atoms with E-state index in [4.69, 9.17) is 5.26 Å². The number of aliphatic hydroxyl groups is 1. The van der Waals surface area contributed by atoms with E-state index in [2.05, 4.69) is 34.1 Å². The summed E-state index contributed by atoms with van der Waals surface area (Å²) in [6.45, 7) is 3.72. The molecule has 0 bridgehead atoms. The molecule has 3 N–H and O–H groups in total. The molecule has 1 aliphatic carbocycles. The Morgan fingerprint density at radius 2 is 1.91 bits per heavy atom. The SMILES string of the molecule is CC(C)(OO)[C@H]1Cc2cc3[nH]c4ccccc4c3cc2[C@@H](O)C1. The largest absolute Gasteiger partial charge is 0.388 e. The topological polar surface area (TPSA) is 65.5 Å². The van der Waals surface area contributed by atoms with Crippen molar-refractivity contribution >= 4 is 21.8 Å². The molecule has 0 saturated carbocycles. The molecule has 4 heteroatoms. The van der Waals surface area contributed by atoms with Crippen molar-refractivity contribution in [3.8, 4) is 0 Å². The Balaban J connectivity index is 1.86. The van der Waals surface area contributed by atoms with Crippen molar-refractivity contribution in [2.75, 3.05) is 0 Å². The highest BCUT2D eigenvalue weighted by Crippen LogP contribution is 2.41. The summed E-state index contributed by atoms with van der Waals surface area (Å²) < 4.78 is 0. The van der Waals surface area contributed by atoms with Crippen LogP contribution >= 0.6 is 0 Å². The lowest BCUT2D eigenvalue weighted by Crippen LogP contribution is -2.38. The number of rotatable bonds is 2. The van der Waals surface area contributed by atoms with Crippen LogP contribution in [0, 0.1) is 5.92 Å². The zero-order valence-electron chi connectivity index (χ0n) is 13.3. The highest BCUT2D eigenvalue weighted by molar-refractivity contribution is 6.07. The number of para-hydroxylation sites is 1. The van der Waals surface area contributed by atoms with Gasteiger partial charge in [-0.1, -0.05) is 18.2 Å². The van der Waals surface area contributed by atoms with Crippen molar-refractivity contribution in [1.29, 1.82) is 0 Å². The first-order chi connectivity index (χ1) is 11.0. The van der Waals surface area contributed by atoms with Gasteiger partial charge in [0.05, 0.1) is 6.10 Å². The van der Waals surface area contributed by atoms with Crippen LogP contribution in [0.3, 0.4) is 0 Å². The van der Waals surface area contributed by atoms with Gasteiger partial charge in [0.15, 0.2) is 0 Å². The lowest BCUT2D eigenvalue weighted by atomic mass is 9.74. The highest BCUT2D eigenvalue weighted by Gasteiger charge is 2.37. The van der Waals surface area contributed by atoms with E-state index >= 15 is 0 Å². The Hall–Kier alpha value is -1.88. The molecule has 0 saturated heterocycles. The van der Waals surface area contributed by atoms with Crippen molar-refractivity contribution in [2.24, 2.45) is 5.92 Å². The summed E-state index contributed by atoms with van der Waals surface area (Å²) in [5.74, 6) is 0.0665. The molecule has 0 radical (unpaired) electrons. The van der Waals surface area contributed by atoms with Crippen molar-refractivity contribution in [3.05, 3.63) is 47.5 Å². The lowest BCUT2D eigenvalue weighted by molar-refractivity contribution is -0.328. The molecule has 2 aromatic carbocycles.